The first-order valence-corrected chi connectivity index (χ1v) is 11.8. The predicted octanol–water partition coefficient (Wildman–Crippen LogP) is 5.01. The molecule has 1 aliphatic heterocycles. The van der Waals surface area contributed by atoms with Crippen LogP contribution in [0.15, 0.2) is 54.6 Å². The van der Waals surface area contributed by atoms with Gasteiger partial charge in [-0.15, -0.1) is 11.3 Å². The molecule has 0 spiro atoms. The van der Waals surface area contributed by atoms with Crippen LogP contribution in [-0.4, -0.2) is 35.3 Å². The zero-order valence-electron chi connectivity index (χ0n) is 19.1. The number of hydrogen-bond donors (Lipinski definition) is 2. The molecule has 0 fully saturated rings. The normalized spacial score (nSPS) is 13.9. The zero-order valence-corrected chi connectivity index (χ0v) is 19.9. The Morgan fingerprint density at radius 1 is 1.06 bits per heavy atom. The Morgan fingerprint density at radius 2 is 1.82 bits per heavy atom. The van der Waals surface area contributed by atoms with E-state index < -0.39 is 11.7 Å². The van der Waals surface area contributed by atoms with E-state index in [4.69, 9.17) is 0 Å². The highest BCUT2D eigenvalue weighted by molar-refractivity contribution is 7.18. The van der Waals surface area contributed by atoms with Gasteiger partial charge in [-0.3, -0.25) is 14.5 Å². The molecule has 0 saturated carbocycles. The molecule has 172 valence electrons. The van der Waals surface area contributed by atoms with E-state index in [9.17, 15) is 14.0 Å². The van der Waals surface area contributed by atoms with Crippen LogP contribution in [0, 0.1) is 12.7 Å². The Kier molecular flexibility index (Phi) is 6.63. The molecular formula is C26H28FN3O2S. The molecule has 0 atom stereocenters. The van der Waals surface area contributed by atoms with E-state index in [1.165, 1.54) is 40.7 Å². The number of carbonyl (C=O) groups is 2. The number of rotatable bonds is 6. The van der Waals surface area contributed by atoms with Gasteiger partial charge in [-0.25, -0.2) is 4.39 Å². The molecule has 2 heterocycles. The molecule has 0 bridgehead atoms. The lowest BCUT2D eigenvalue weighted by Gasteiger charge is -2.41. The standard InChI is InChI=1S/C26H28FN3O2S/c1-17-13-22(29-24(31)19-9-6-10-21(27)14-19)33-23(17)25(32)28-16-26(2,3)30-12-11-18-7-4-5-8-20(18)15-30/h4-10,13-14H,11-12,15-16H2,1-3H3,(H,28,32)(H,29,31). The number of halogens is 1. The van der Waals surface area contributed by atoms with E-state index in [1.807, 2.05) is 6.92 Å². The fraction of sp³-hybridized carbons (Fsp3) is 0.308. The molecule has 1 aromatic heterocycles. The summed E-state index contributed by atoms with van der Waals surface area (Å²) in [4.78, 5) is 28.3. The smallest absolute Gasteiger partial charge is 0.261 e. The van der Waals surface area contributed by atoms with E-state index in [2.05, 4.69) is 53.6 Å². The second-order valence-corrected chi connectivity index (χ2v) is 10.1. The number of nitrogens with zero attached hydrogens (tertiary/aromatic N) is 1. The summed E-state index contributed by atoms with van der Waals surface area (Å²) in [5, 5.41) is 6.39. The Hall–Kier alpha value is -3.03. The lowest BCUT2D eigenvalue weighted by atomic mass is 9.94. The highest BCUT2D eigenvalue weighted by atomic mass is 32.1. The van der Waals surface area contributed by atoms with Crippen molar-refractivity contribution in [1.29, 1.82) is 0 Å². The van der Waals surface area contributed by atoms with Gasteiger partial charge < -0.3 is 10.6 Å². The summed E-state index contributed by atoms with van der Waals surface area (Å²) in [6.45, 7) is 8.47. The molecule has 5 nitrogen and oxygen atoms in total. The Morgan fingerprint density at radius 3 is 2.58 bits per heavy atom. The first kappa shape index (κ1) is 23.1. The van der Waals surface area contributed by atoms with Crippen molar-refractivity contribution in [2.45, 2.75) is 39.3 Å². The third kappa shape index (κ3) is 5.31. The molecule has 7 heteroatoms. The zero-order chi connectivity index (χ0) is 23.6. The fourth-order valence-corrected chi connectivity index (χ4v) is 5.07. The Balaban J connectivity index is 1.38. The number of nitrogens with one attached hydrogen (secondary N) is 2. The van der Waals surface area contributed by atoms with Gasteiger partial charge in [0.05, 0.1) is 9.88 Å². The maximum absolute atomic E-state index is 13.4. The molecule has 0 saturated heterocycles. The topological polar surface area (TPSA) is 61.4 Å². The monoisotopic (exact) mass is 465 g/mol. The highest BCUT2D eigenvalue weighted by Gasteiger charge is 2.30. The first-order valence-electron chi connectivity index (χ1n) is 11.0. The van der Waals surface area contributed by atoms with Gasteiger partial charge >= 0.3 is 0 Å². The van der Waals surface area contributed by atoms with Crippen LogP contribution >= 0.6 is 11.3 Å². The van der Waals surface area contributed by atoms with Crippen LogP contribution in [-0.2, 0) is 13.0 Å². The number of carbonyl (C=O) groups excluding carboxylic acids is 2. The van der Waals surface area contributed by atoms with E-state index in [0.29, 0.717) is 16.4 Å². The van der Waals surface area contributed by atoms with Crippen molar-refractivity contribution in [3.05, 3.63) is 87.5 Å². The van der Waals surface area contributed by atoms with Crippen LogP contribution in [0.25, 0.3) is 0 Å². The van der Waals surface area contributed by atoms with Crippen LogP contribution in [0.2, 0.25) is 0 Å². The summed E-state index contributed by atoms with van der Waals surface area (Å²) in [7, 11) is 0. The number of fused-ring (bicyclic) bond motifs is 1. The summed E-state index contributed by atoms with van der Waals surface area (Å²) in [5.41, 5.74) is 3.56. The lowest BCUT2D eigenvalue weighted by Crippen LogP contribution is -2.53. The molecule has 4 rings (SSSR count). The maximum Gasteiger partial charge on any atom is 0.261 e. The van der Waals surface area contributed by atoms with E-state index in [0.717, 1.165) is 25.1 Å². The van der Waals surface area contributed by atoms with Crippen LogP contribution in [0.1, 0.15) is 50.6 Å². The minimum Gasteiger partial charge on any atom is -0.349 e. The summed E-state index contributed by atoms with van der Waals surface area (Å²) < 4.78 is 13.4. The summed E-state index contributed by atoms with van der Waals surface area (Å²) in [5.74, 6) is -1.03. The number of thiophene rings is 1. The van der Waals surface area contributed by atoms with Crippen LogP contribution in [0.4, 0.5) is 9.39 Å². The van der Waals surface area contributed by atoms with E-state index in [-0.39, 0.29) is 17.0 Å². The number of anilines is 1. The SMILES string of the molecule is Cc1cc(NC(=O)c2cccc(F)c2)sc1C(=O)NCC(C)(C)N1CCc2ccccc2C1. The number of hydrogen-bond acceptors (Lipinski definition) is 4. The molecular weight excluding hydrogens is 437 g/mol. The van der Waals surface area contributed by atoms with Gasteiger partial charge in [0.1, 0.15) is 5.82 Å². The summed E-state index contributed by atoms with van der Waals surface area (Å²) >= 11 is 1.22. The van der Waals surface area contributed by atoms with Gasteiger partial charge in [-0.05, 0) is 68.1 Å². The molecule has 2 amide bonds. The fourth-order valence-electron chi connectivity index (χ4n) is 4.08. The molecule has 2 N–H and O–H groups in total. The molecule has 0 unspecified atom stereocenters. The van der Waals surface area contributed by atoms with Crippen molar-refractivity contribution in [3.8, 4) is 0 Å². The van der Waals surface area contributed by atoms with Gasteiger partial charge in [0.15, 0.2) is 0 Å². The second kappa shape index (κ2) is 9.45. The van der Waals surface area contributed by atoms with E-state index in [1.54, 1.807) is 12.1 Å². The van der Waals surface area contributed by atoms with Crippen molar-refractivity contribution in [1.82, 2.24) is 10.2 Å². The van der Waals surface area contributed by atoms with Crippen molar-refractivity contribution >= 4 is 28.2 Å². The number of benzene rings is 2. The summed E-state index contributed by atoms with van der Waals surface area (Å²) in [6.07, 6.45) is 1.01. The second-order valence-electron chi connectivity index (χ2n) is 9.02. The molecule has 0 radical (unpaired) electrons. The van der Waals surface area contributed by atoms with Crippen molar-refractivity contribution in [2.75, 3.05) is 18.4 Å². The largest absolute Gasteiger partial charge is 0.349 e. The quantitative estimate of drug-likeness (QED) is 0.538. The lowest BCUT2D eigenvalue weighted by molar-refractivity contribution is 0.0828. The average Bonchev–Trinajstić information content (AvgIpc) is 3.17. The summed E-state index contributed by atoms with van der Waals surface area (Å²) in [6, 6.07) is 15.8. The van der Waals surface area contributed by atoms with Crippen LogP contribution in [0.5, 0.6) is 0 Å². The first-order chi connectivity index (χ1) is 15.7. The van der Waals surface area contributed by atoms with Gasteiger partial charge in [-0.2, -0.15) is 0 Å². The van der Waals surface area contributed by atoms with Gasteiger partial charge in [0.2, 0.25) is 0 Å². The van der Waals surface area contributed by atoms with Gasteiger partial charge in [0, 0.05) is 30.7 Å². The Labute approximate surface area is 197 Å². The predicted molar refractivity (Wildman–Crippen MR) is 130 cm³/mol. The third-order valence-electron chi connectivity index (χ3n) is 6.12. The molecule has 3 aromatic rings. The minimum atomic E-state index is -0.468. The average molecular weight is 466 g/mol. The molecule has 33 heavy (non-hydrogen) atoms. The maximum atomic E-state index is 13.4. The van der Waals surface area contributed by atoms with Crippen molar-refractivity contribution < 1.29 is 14.0 Å². The molecule has 0 aliphatic carbocycles. The van der Waals surface area contributed by atoms with Crippen molar-refractivity contribution in [3.63, 3.8) is 0 Å². The molecule has 1 aliphatic rings. The van der Waals surface area contributed by atoms with Crippen LogP contribution in [0.3, 0.4) is 0 Å². The van der Waals surface area contributed by atoms with Crippen molar-refractivity contribution in [2.24, 2.45) is 0 Å². The minimum absolute atomic E-state index is 0.158. The van der Waals surface area contributed by atoms with Gasteiger partial charge in [0.25, 0.3) is 11.8 Å². The molecule has 2 aromatic carbocycles. The number of aryl methyl sites for hydroxylation is 1. The van der Waals surface area contributed by atoms with Gasteiger partial charge in [-0.1, -0.05) is 30.3 Å². The van der Waals surface area contributed by atoms with Crippen LogP contribution < -0.4 is 10.6 Å². The highest BCUT2D eigenvalue weighted by Crippen LogP contribution is 2.28. The van der Waals surface area contributed by atoms with E-state index >= 15 is 0 Å². The third-order valence-corrected chi connectivity index (χ3v) is 7.27. The Bertz CT molecular complexity index is 1190. The number of amides is 2.